The molecule has 1 saturated carbocycles. The van der Waals surface area contributed by atoms with Crippen LogP contribution >= 0.6 is 12.2 Å². The third kappa shape index (κ3) is 5.67. The van der Waals surface area contributed by atoms with Crippen LogP contribution in [0.3, 0.4) is 0 Å². The van der Waals surface area contributed by atoms with Gasteiger partial charge in [0.2, 0.25) is 0 Å². The molecule has 1 aromatic rings. The Morgan fingerprint density at radius 1 is 0.960 bits per heavy atom. The summed E-state index contributed by atoms with van der Waals surface area (Å²) in [6.45, 7) is 0. The minimum atomic E-state index is -4.84. The fourth-order valence-corrected chi connectivity index (χ4v) is 3.58. The van der Waals surface area contributed by atoms with E-state index in [9.17, 15) is 26.3 Å². The SMILES string of the molecule is N[C@@H]1CCCC[C@H]1CC(=S)Cc1cc(C(F)(F)F)cc(C(F)(F)F)c1. The van der Waals surface area contributed by atoms with E-state index in [1.54, 1.807) is 0 Å². The number of hydrogen-bond donors (Lipinski definition) is 1. The van der Waals surface area contributed by atoms with Gasteiger partial charge in [-0.15, -0.1) is 0 Å². The molecule has 2 N–H and O–H groups in total. The van der Waals surface area contributed by atoms with Crippen molar-refractivity contribution >= 4 is 17.1 Å². The lowest BCUT2D eigenvalue weighted by atomic mass is 9.81. The van der Waals surface area contributed by atoms with Gasteiger partial charge in [-0.2, -0.15) is 26.3 Å². The Morgan fingerprint density at radius 2 is 1.48 bits per heavy atom. The van der Waals surface area contributed by atoms with Crippen LogP contribution in [0.25, 0.3) is 0 Å². The standard InChI is InChI=1S/C17H19F6NS/c18-16(19,20)12-5-10(6-13(9-12)17(21,22)23)7-14(25)8-11-3-1-2-4-15(11)24/h5-6,9,11,15H,1-4,7-8,24H2/t11-,15+/m0/s1. The molecule has 1 aliphatic rings. The van der Waals surface area contributed by atoms with E-state index in [1.807, 2.05) is 0 Å². The van der Waals surface area contributed by atoms with Crippen molar-refractivity contribution in [3.63, 3.8) is 0 Å². The highest BCUT2D eigenvalue weighted by Gasteiger charge is 2.37. The highest BCUT2D eigenvalue weighted by Crippen LogP contribution is 2.36. The van der Waals surface area contributed by atoms with Gasteiger partial charge in [-0.3, -0.25) is 0 Å². The van der Waals surface area contributed by atoms with E-state index in [1.165, 1.54) is 0 Å². The Morgan fingerprint density at radius 3 is 1.96 bits per heavy atom. The van der Waals surface area contributed by atoms with Gasteiger partial charge in [-0.25, -0.2) is 0 Å². The molecule has 1 aromatic carbocycles. The molecule has 0 unspecified atom stereocenters. The molecule has 0 bridgehead atoms. The number of nitrogens with two attached hydrogens (primary N) is 1. The van der Waals surface area contributed by atoms with E-state index in [4.69, 9.17) is 18.0 Å². The molecule has 25 heavy (non-hydrogen) atoms. The second kappa shape index (κ2) is 7.61. The maximum atomic E-state index is 12.9. The summed E-state index contributed by atoms with van der Waals surface area (Å²) < 4.78 is 77.3. The van der Waals surface area contributed by atoms with Gasteiger partial charge in [0.05, 0.1) is 11.1 Å². The number of thiocarbonyl (C=S) groups is 1. The van der Waals surface area contributed by atoms with Gasteiger partial charge in [0, 0.05) is 12.5 Å². The third-order valence-corrected chi connectivity index (χ3v) is 4.82. The van der Waals surface area contributed by atoms with E-state index in [0.717, 1.165) is 37.8 Å². The first kappa shape index (κ1) is 20.2. The predicted molar refractivity (Wildman–Crippen MR) is 87.3 cm³/mol. The minimum Gasteiger partial charge on any atom is -0.327 e. The Bertz CT molecular complexity index is 590. The van der Waals surface area contributed by atoms with E-state index >= 15 is 0 Å². The lowest BCUT2D eigenvalue weighted by Gasteiger charge is -2.28. The van der Waals surface area contributed by atoms with Gasteiger partial charge < -0.3 is 5.73 Å². The molecule has 2 rings (SSSR count). The molecule has 0 saturated heterocycles. The first-order valence-corrected chi connectivity index (χ1v) is 8.43. The van der Waals surface area contributed by atoms with Crippen LogP contribution in [0.1, 0.15) is 48.8 Å². The zero-order valence-corrected chi connectivity index (χ0v) is 14.2. The summed E-state index contributed by atoms with van der Waals surface area (Å²) >= 11 is 5.23. The van der Waals surface area contributed by atoms with Crippen molar-refractivity contribution < 1.29 is 26.3 Å². The number of rotatable bonds is 4. The number of benzene rings is 1. The van der Waals surface area contributed by atoms with Crippen molar-refractivity contribution in [3.05, 3.63) is 34.9 Å². The van der Waals surface area contributed by atoms with Crippen molar-refractivity contribution in [2.75, 3.05) is 0 Å². The Labute approximate surface area is 147 Å². The zero-order valence-electron chi connectivity index (χ0n) is 13.4. The van der Waals surface area contributed by atoms with Crippen molar-refractivity contribution in [1.29, 1.82) is 0 Å². The first-order valence-electron chi connectivity index (χ1n) is 8.02. The number of halogens is 6. The molecule has 2 atom stereocenters. The molecule has 8 heteroatoms. The van der Waals surface area contributed by atoms with E-state index in [0.29, 0.717) is 11.3 Å². The third-order valence-electron chi connectivity index (χ3n) is 4.51. The maximum absolute atomic E-state index is 12.9. The number of alkyl halides is 6. The molecule has 1 nitrogen and oxygen atoms in total. The molecule has 0 amide bonds. The van der Waals surface area contributed by atoms with Gasteiger partial charge in [0.1, 0.15) is 0 Å². The summed E-state index contributed by atoms with van der Waals surface area (Å²) in [5.41, 5.74) is 3.33. The van der Waals surface area contributed by atoms with Crippen molar-refractivity contribution in [3.8, 4) is 0 Å². The summed E-state index contributed by atoms with van der Waals surface area (Å²) in [4.78, 5) is 0.440. The highest BCUT2D eigenvalue weighted by molar-refractivity contribution is 7.80. The molecule has 0 radical (unpaired) electrons. The fourth-order valence-electron chi connectivity index (χ4n) is 3.20. The molecule has 0 heterocycles. The molecular weight excluding hydrogens is 364 g/mol. The van der Waals surface area contributed by atoms with Crippen molar-refractivity contribution in [2.24, 2.45) is 11.7 Å². The molecular formula is C17H19F6NS. The molecule has 1 aliphatic carbocycles. The molecule has 140 valence electrons. The molecule has 0 aliphatic heterocycles. The Balaban J connectivity index is 2.18. The lowest BCUT2D eigenvalue weighted by Crippen LogP contribution is -2.34. The second-order valence-corrected chi connectivity index (χ2v) is 7.12. The zero-order chi connectivity index (χ0) is 18.8. The quantitative estimate of drug-likeness (QED) is 0.545. The maximum Gasteiger partial charge on any atom is 0.416 e. The van der Waals surface area contributed by atoms with Gasteiger partial charge in [0.25, 0.3) is 0 Å². The van der Waals surface area contributed by atoms with Gasteiger partial charge in [0.15, 0.2) is 0 Å². The van der Waals surface area contributed by atoms with Crippen LogP contribution < -0.4 is 5.73 Å². The summed E-state index contributed by atoms with van der Waals surface area (Å²) in [6, 6.07) is 1.59. The summed E-state index contributed by atoms with van der Waals surface area (Å²) in [7, 11) is 0. The van der Waals surface area contributed by atoms with E-state index in [2.05, 4.69) is 0 Å². The number of hydrogen-bond acceptors (Lipinski definition) is 2. The van der Waals surface area contributed by atoms with Crippen molar-refractivity contribution in [2.45, 2.75) is 56.9 Å². The smallest absolute Gasteiger partial charge is 0.327 e. The summed E-state index contributed by atoms with van der Waals surface area (Å²) in [5.74, 6) is 0.147. The van der Waals surface area contributed by atoms with E-state index < -0.39 is 23.5 Å². The summed E-state index contributed by atoms with van der Waals surface area (Å²) in [5, 5.41) is 0. The topological polar surface area (TPSA) is 26.0 Å². The average molecular weight is 383 g/mol. The minimum absolute atomic E-state index is 0.0149. The van der Waals surface area contributed by atoms with Crippen molar-refractivity contribution in [1.82, 2.24) is 0 Å². The van der Waals surface area contributed by atoms with Crippen LogP contribution in [0.15, 0.2) is 18.2 Å². The van der Waals surface area contributed by atoms with Crippen LogP contribution in [0.2, 0.25) is 0 Å². The molecule has 0 aromatic heterocycles. The summed E-state index contributed by atoms with van der Waals surface area (Å²) in [6.07, 6.45) is -5.52. The largest absolute Gasteiger partial charge is 0.416 e. The predicted octanol–water partition coefficient (Wildman–Crippen LogP) is 5.54. The molecule has 1 fully saturated rings. The van der Waals surface area contributed by atoms with Gasteiger partial charge >= 0.3 is 12.4 Å². The Hall–Kier alpha value is -1.15. The van der Waals surface area contributed by atoms with E-state index in [-0.39, 0.29) is 30.0 Å². The lowest BCUT2D eigenvalue weighted by molar-refractivity contribution is -0.143. The van der Waals surface area contributed by atoms with Crippen LogP contribution in [0.5, 0.6) is 0 Å². The van der Waals surface area contributed by atoms with Crippen LogP contribution in [-0.2, 0) is 18.8 Å². The second-order valence-electron chi connectivity index (χ2n) is 6.54. The average Bonchev–Trinajstić information content (AvgIpc) is 2.47. The fraction of sp³-hybridized carbons (Fsp3) is 0.588. The Kier molecular flexibility index (Phi) is 6.14. The monoisotopic (exact) mass is 383 g/mol. The molecule has 0 spiro atoms. The van der Waals surface area contributed by atoms with Crippen LogP contribution in [0, 0.1) is 5.92 Å². The van der Waals surface area contributed by atoms with Crippen LogP contribution in [-0.4, -0.2) is 10.9 Å². The normalized spacial score (nSPS) is 22.0. The van der Waals surface area contributed by atoms with Crippen LogP contribution in [0.4, 0.5) is 26.3 Å². The highest BCUT2D eigenvalue weighted by atomic mass is 32.1. The first-order chi connectivity index (χ1) is 11.5. The van der Waals surface area contributed by atoms with Gasteiger partial charge in [-0.05, 0) is 53.8 Å². The van der Waals surface area contributed by atoms with Gasteiger partial charge in [-0.1, -0.05) is 25.1 Å².